The molecule has 0 radical (unpaired) electrons. The minimum atomic E-state index is -0.0393. The highest BCUT2D eigenvalue weighted by atomic mass is 35.5. The Hall–Kier alpha value is -1.07. The molecule has 0 spiro atoms. The van der Waals surface area contributed by atoms with E-state index in [1.807, 2.05) is 10.9 Å². The van der Waals surface area contributed by atoms with Gasteiger partial charge in [0.05, 0.1) is 6.04 Å². The lowest BCUT2D eigenvalue weighted by Gasteiger charge is -2.22. The van der Waals surface area contributed by atoms with E-state index in [0.717, 1.165) is 19.5 Å². The number of aromatic nitrogens is 2. The molecule has 0 aliphatic carbocycles. The Morgan fingerprint density at radius 3 is 2.94 bits per heavy atom. The van der Waals surface area contributed by atoms with Gasteiger partial charge in [0.25, 0.3) is 5.91 Å². The van der Waals surface area contributed by atoms with Crippen molar-refractivity contribution in [2.45, 2.75) is 18.9 Å². The van der Waals surface area contributed by atoms with Gasteiger partial charge in [-0.2, -0.15) is 5.10 Å². The third-order valence-corrected chi connectivity index (χ3v) is 2.88. The standard InChI is InChI=1S/C11H18N4O.ClH/c1-14(2)11(16)10-5-7-15(13-10)9-4-3-6-12-8-9;/h5,7,9,12H,3-4,6,8H2,1-2H3;1H. The Bertz CT molecular complexity index is 371. The number of halogens is 1. The van der Waals surface area contributed by atoms with Crippen LogP contribution in [-0.2, 0) is 0 Å². The first-order chi connectivity index (χ1) is 7.68. The third-order valence-electron chi connectivity index (χ3n) is 2.88. The maximum Gasteiger partial charge on any atom is 0.273 e. The van der Waals surface area contributed by atoms with Crippen LogP contribution in [0.4, 0.5) is 0 Å². The highest BCUT2D eigenvalue weighted by Gasteiger charge is 2.18. The topological polar surface area (TPSA) is 50.2 Å². The van der Waals surface area contributed by atoms with Crippen LogP contribution in [0.2, 0.25) is 0 Å². The third kappa shape index (κ3) is 3.20. The summed E-state index contributed by atoms with van der Waals surface area (Å²) >= 11 is 0. The summed E-state index contributed by atoms with van der Waals surface area (Å²) in [6.07, 6.45) is 4.19. The first-order valence-electron chi connectivity index (χ1n) is 5.66. The van der Waals surface area contributed by atoms with Crippen molar-refractivity contribution in [3.63, 3.8) is 0 Å². The van der Waals surface area contributed by atoms with Gasteiger partial charge in [-0.05, 0) is 25.5 Å². The number of carbonyl (C=O) groups is 1. The first kappa shape index (κ1) is 14.0. The van der Waals surface area contributed by atoms with Gasteiger partial charge >= 0.3 is 0 Å². The Morgan fingerprint density at radius 2 is 2.35 bits per heavy atom. The number of amides is 1. The second-order valence-electron chi connectivity index (χ2n) is 4.38. The molecular weight excluding hydrogens is 240 g/mol. The monoisotopic (exact) mass is 258 g/mol. The summed E-state index contributed by atoms with van der Waals surface area (Å²) < 4.78 is 1.91. The smallest absolute Gasteiger partial charge is 0.273 e. The number of nitrogens with one attached hydrogen (secondary N) is 1. The average Bonchev–Trinajstić information content (AvgIpc) is 2.78. The van der Waals surface area contributed by atoms with Crippen LogP contribution in [0.25, 0.3) is 0 Å². The fraction of sp³-hybridized carbons (Fsp3) is 0.636. The summed E-state index contributed by atoms with van der Waals surface area (Å²) in [6.45, 7) is 2.03. The van der Waals surface area contributed by atoms with Gasteiger partial charge in [0.2, 0.25) is 0 Å². The average molecular weight is 259 g/mol. The van der Waals surface area contributed by atoms with E-state index in [1.165, 1.54) is 6.42 Å². The number of nitrogens with zero attached hydrogens (tertiary/aromatic N) is 3. The molecule has 17 heavy (non-hydrogen) atoms. The van der Waals surface area contributed by atoms with E-state index >= 15 is 0 Å². The van der Waals surface area contributed by atoms with Gasteiger partial charge in [0.1, 0.15) is 5.69 Å². The maximum absolute atomic E-state index is 11.7. The van der Waals surface area contributed by atoms with Crippen molar-refractivity contribution in [2.75, 3.05) is 27.2 Å². The van der Waals surface area contributed by atoms with Crippen molar-refractivity contribution >= 4 is 18.3 Å². The predicted octanol–water partition coefficient (Wildman–Crippen LogP) is 0.931. The summed E-state index contributed by atoms with van der Waals surface area (Å²) in [5.41, 5.74) is 0.524. The van der Waals surface area contributed by atoms with Gasteiger partial charge in [-0.25, -0.2) is 0 Å². The molecule has 2 heterocycles. The Morgan fingerprint density at radius 1 is 1.59 bits per heavy atom. The molecule has 1 aromatic heterocycles. The molecular formula is C11H19ClN4O. The van der Waals surface area contributed by atoms with Crippen molar-refractivity contribution in [1.82, 2.24) is 20.0 Å². The quantitative estimate of drug-likeness (QED) is 0.859. The molecule has 1 fully saturated rings. The highest BCUT2D eigenvalue weighted by Crippen LogP contribution is 2.15. The predicted molar refractivity (Wildman–Crippen MR) is 68.6 cm³/mol. The summed E-state index contributed by atoms with van der Waals surface area (Å²) in [5.74, 6) is -0.0393. The van der Waals surface area contributed by atoms with Crippen LogP contribution >= 0.6 is 12.4 Å². The molecule has 1 aromatic rings. The van der Waals surface area contributed by atoms with Gasteiger partial charge in [-0.3, -0.25) is 9.48 Å². The molecule has 0 aromatic carbocycles. The van der Waals surface area contributed by atoms with Crippen LogP contribution in [0.1, 0.15) is 29.4 Å². The Balaban J connectivity index is 0.00000144. The molecule has 1 amide bonds. The first-order valence-corrected chi connectivity index (χ1v) is 5.66. The Kier molecular flexibility index (Phi) is 4.96. The highest BCUT2D eigenvalue weighted by molar-refractivity contribution is 5.91. The van der Waals surface area contributed by atoms with E-state index in [4.69, 9.17) is 0 Å². The lowest BCUT2D eigenvalue weighted by Crippen LogP contribution is -2.32. The van der Waals surface area contributed by atoms with Crippen LogP contribution in [-0.4, -0.2) is 47.8 Å². The number of rotatable bonds is 2. The normalized spacial score (nSPS) is 19.5. The van der Waals surface area contributed by atoms with Crippen molar-refractivity contribution in [3.05, 3.63) is 18.0 Å². The van der Waals surface area contributed by atoms with Crippen LogP contribution in [0.15, 0.2) is 12.3 Å². The van der Waals surface area contributed by atoms with Gasteiger partial charge in [0.15, 0.2) is 0 Å². The number of piperidine rings is 1. The minimum absolute atomic E-state index is 0. The molecule has 1 N–H and O–H groups in total. The van der Waals surface area contributed by atoms with Crippen molar-refractivity contribution in [2.24, 2.45) is 0 Å². The van der Waals surface area contributed by atoms with Crippen LogP contribution in [0.3, 0.4) is 0 Å². The lowest BCUT2D eigenvalue weighted by atomic mass is 10.1. The SMILES string of the molecule is CN(C)C(=O)c1ccn(C2CCCNC2)n1.Cl. The molecule has 2 rings (SSSR count). The zero-order valence-corrected chi connectivity index (χ0v) is 11.0. The summed E-state index contributed by atoms with van der Waals surface area (Å²) in [4.78, 5) is 13.2. The molecule has 1 saturated heterocycles. The zero-order chi connectivity index (χ0) is 11.5. The van der Waals surface area contributed by atoms with Crippen LogP contribution in [0.5, 0.6) is 0 Å². The van der Waals surface area contributed by atoms with E-state index in [1.54, 1.807) is 25.1 Å². The van der Waals surface area contributed by atoms with Gasteiger partial charge in [-0.1, -0.05) is 0 Å². The lowest BCUT2D eigenvalue weighted by molar-refractivity contribution is 0.0820. The van der Waals surface area contributed by atoms with E-state index in [0.29, 0.717) is 11.7 Å². The zero-order valence-electron chi connectivity index (χ0n) is 10.2. The second-order valence-corrected chi connectivity index (χ2v) is 4.38. The van der Waals surface area contributed by atoms with Gasteiger partial charge in [0, 0.05) is 26.8 Å². The molecule has 1 aliphatic heterocycles. The number of hydrogen-bond donors (Lipinski definition) is 1. The van der Waals surface area contributed by atoms with Gasteiger partial charge in [-0.15, -0.1) is 12.4 Å². The number of carbonyl (C=O) groups excluding carboxylic acids is 1. The molecule has 5 nitrogen and oxygen atoms in total. The van der Waals surface area contributed by atoms with Crippen LogP contribution in [0, 0.1) is 0 Å². The molecule has 1 aliphatic rings. The molecule has 6 heteroatoms. The number of hydrogen-bond acceptors (Lipinski definition) is 3. The molecule has 1 unspecified atom stereocenters. The van der Waals surface area contributed by atoms with E-state index in [2.05, 4.69) is 10.4 Å². The van der Waals surface area contributed by atoms with Crippen molar-refractivity contribution in [3.8, 4) is 0 Å². The van der Waals surface area contributed by atoms with E-state index in [-0.39, 0.29) is 18.3 Å². The molecule has 0 bridgehead atoms. The Labute approximate surface area is 108 Å². The minimum Gasteiger partial charge on any atom is -0.343 e. The summed E-state index contributed by atoms with van der Waals surface area (Å²) in [5, 5.41) is 7.68. The largest absolute Gasteiger partial charge is 0.343 e. The van der Waals surface area contributed by atoms with Crippen LogP contribution < -0.4 is 5.32 Å². The maximum atomic E-state index is 11.7. The molecule has 0 saturated carbocycles. The molecule has 1 atom stereocenters. The van der Waals surface area contributed by atoms with Crippen molar-refractivity contribution in [1.29, 1.82) is 0 Å². The van der Waals surface area contributed by atoms with E-state index in [9.17, 15) is 4.79 Å². The van der Waals surface area contributed by atoms with Crippen molar-refractivity contribution < 1.29 is 4.79 Å². The fourth-order valence-electron chi connectivity index (χ4n) is 1.94. The second kappa shape index (κ2) is 6.02. The van der Waals surface area contributed by atoms with E-state index < -0.39 is 0 Å². The summed E-state index contributed by atoms with van der Waals surface area (Å²) in [7, 11) is 3.48. The molecule has 96 valence electrons. The van der Waals surface area contributed by atoms with Gasteiger partial charge < -0.3 is 10.2 Å². The fourth-order valence-corrected chi connectivity index (χ4v) is 1.94. The summed E-state index contributed by atoms with van der Waals surface area (Å²) in [6, 6.07) is 2.18.